The van der Waals surface area contributed by atoms with Crippen LogP contribution in [0.4, 0.5) is 0 Å². The first-order chi connectivity index (χ1) is 5.68. The van der Waals surface area contributed by atoms with Crippen LogP contribution >= 0.6 is 11.6 Å². The van der Waals surface area contributed by atoms with Crippen molar-refractivity contribution in [2.75, 3.05) is 7.05 Å². The Hall–Kier alpha value is -1.16. The van der Waals surface area contributed by atoms with Crippen molar-refractivity contribution in [3.05, 3.63) is 12.3 Å². The standard InChI is InChI=1S/C7H6ClN3O/c1-11-3-2-4-5(11)9-7(8)10-6(4)12/h2-4H,1H3/t4-/m0/s1. The van der Waals surface area contributed by atoms with Crippen LogP contribution in [0.25, 0.3) is 0 Å². The highest BCUT2D eigenvalue weighted by molar-refractivity contribution is 6.67. The van der Waals surface area contributed by atoms with Crippen LogP contribution < -0.4 is 0 Å². The third kappa shape index (κ3) is 0.956. The first kappa shape index (κ1) is 7.49. The Morgan fingerprint density at radius 1 is 1.58 bits per heavy atom. The lowest BCUT2D eigenvalue weighted by Gasteiger charge is -2.16. The third-order valence-electron chi connectivity index (χ3n) is 1.82. The predicted molar refractivity (Wildman–Crippen MR) is 46.1 cm³/mol. The Kier molecular flexibility index (Phi) is 1.51. The molecule has 2 aliphatic heterocycles. The molecule has 1 atom stereocenters. The molecule has 5 heteroatoms. The van der Waals surface area contributed by atoms with Gasteiger partial charge in [-0.3, -0.25) is 4.79 Å². The average molecular weight is 184 g/mol. The highest BCUT2D eigenvalue weighted by atomic mass is 35.5. The maximum Gasteiger partial charge on any atom is 0.263 e. The summed E-state index contributed by atoms with van der Waals surface area (Å²) in [6.07, 6.45) is 3.54. The van der Waals surface area contributed by atoms with E-state index in [0.717, 1.165) is 0 Å². The summed E-state index contributed by atoms with van der Waals surface area (Å²) < 4.78 is 0. The smallest absolute Gasteiger partial charge is 0.263 e. The number of hydrogen-bond acceptors (Lipinski definition) is 3. The van der Waals surface area contributed by atoms with E-state index in [1.807, 2.05) is 7.05 Å². The lowest BCUT2D eigenvalue weighted by atomic mass is 10.1. The molecule has 0 aromatic heterocycles. The lowest BCUT2D eigenvalue weighted by molar-refractivity contribution is -0.118. The highest BCUT2D eigenvalue weighted by Crippen LogP contribution is 2.20. The van der Waals surface area contributed by atoms with E-state index < -0.39 is 0 Å². The zero-order chi connectivity index (χ0) is 8.72. The van der Waals surface area contributed by atoms with Crippen molar-refractivity contribution in [3.63, 3.8) is 0 Å². The second kappa shape index (κ2) is 2.42. The first-order valence-corrected chi connectivity index (χ1v) is 3.84. The number of amidine groups is 2. The summed E-state index contributed by atoms with van der Waals surface area (Å²) in [6.45, 7) is 0. The molecule has 0 radical (unpaired) electrons. The molecule has 0 spiro atoms. The van der Waals surface area contributed by atoms with E-state index in [1.54, 1.807) is 17.2 Å². The minimum Gasteiger partial charge on any atom is -0.339 e. The summed E-state index contributed by atoms with van der Waals surface area (Å²) in [4.78, 5) is 20.5. The Bertz CT molecular complexity index is 332. The number of amides is 1. The van der Waals surface area contributed by atoms with E-state index in [9.17, 15) is 4.79 Å². The van der Waals surface area contributed by atoms with Crippen molar-refractivity contribution < 1.29 is 4.79 Å². The number of rotatable bonds is 0. The van der Waals surface area contributed by atoms with E-state index in [-0.39, 0.29) is 17.1 Å². The Morgan fingerprint density at radius 2 is 2.33 bits per heavy atom. The van der Waals surface area contributed by atoms with Gasteiger partial charge in [0.05, 0.1) is 0 Å². The fraction of sp³-hybridized carbons (Fsp3) is 0.286. The largest absolute Gasteiger partial charge is 0.339 e. The van der Waals surface area contributed by atoms with Gasteiger partial charge >= 0.3 is 0 Å². The number of fused-ring (bicyclic) bond motifs is 1. The fourth-order valence-corrected chi connectivity index (χ4v) is 1.39. The number of halogens is 1. The van der Waals surface area contributed by atoms with Gasteiger partial charge in [-0.25, -0.2) is 4.99 Å². The molecule has 0 aromatic carbocycles. The quantitative estimate of drug-likeness (QED) is 0.516. The number of aliphatic imine (C=N–C) groups is 2. The molecule has 12 heavy (non-hydrogen) atoms. The van der Waals surface area contributed by atoms with E-state index >= 15 is 0 Å². The van der Waals surface area contributed by atoms with Gasteiger partial charge in [-0.2, -0.15) is 4.99 Å². The van der Waals surface area contributed by atoms with Crippen molar-refractivity contribution in [2.45, 2.75) is 0 Å². The van der Waals surface area contributed by atoms with Crippen LogP contribution in [0.15, 0.2) is 22.3 Å². The molecule has 0 bridgehead atoms. The number of nitrogens with zero attached hydrogens (tertiary/aromatic N) is 3. The van der Waals surface area contributed by atoms with Crippen LogP contribution in [-0.4, -0.2) is 29.0 Å². The molecule has 0 saturated carbocycles. The van der Waals surface area contributed by atoms with Gasteiger partial charge in [-0.15, -0.1) is 0 Å². The van der Waals surface area contributed by atoms with E-state index in [1.165, 1.54) is 0 Å². The average Bonchev–Trinajstić information content (AvgIpc) is 2.33. The fourth-order valence-electron chi connectivity index (χ4n) is 1.22. The third-order valence-corrected chi connectivity index (χ3v) is 1.99. The van der Waals surface area contributed by atoms with Gasteiger partial charge < -0.3 is 4.90 Å². The summed E-state index contributed by atoms with van der Waals surface area (Å²) in [5.41, 5.74) is 0. The van der Waals surface area contributed by atoms with Crippen molar-refractivity contribution in [1.82, 2.24) is 4.90 Å². The molecular formula is C7H6ClN3O. The second-order valence-corrected chi connectivity index (χ2v) is 2.96. The molecule has 0 aliphatic carbocycles. The first-order valence-electron chi connectivity index (χ1n) is 3.46. The van der Waals surface area contributed by atoms with Crippen LogP contribution in [0.2, 0.25) is 0 Å². The van der Waals surface area contributed by atoms with Gasteiger partial charge in [0.15, 0.2) is 0 Å². The zero-order valence-electron chi connectivity index (χ0n) is 6.36. The topological polar surface area (TPSA) is 45.0 Å². The van der Waals surface area contributed by atoms with Crippen molar-refractivity contribution >= 4 is 28.6 Å². The normalized spacial score (nSPS) is 27.0. The number of carbonyl (C=O) groups excluding carboxylic acids is 1. The summed E-state index contributed by atoms with van der Waals surface area (Å²) >= 11 is 5.53. The van der Waals surface area contributed by atoms with E-state index in [4.69, 9.17) is 11.6 Å². The predicted octanol–water partition coefficient (Wildman–Crippen LogP) is 0.595. The van der Waals surface area contributed by atoms with Gasteiger partial charge in [0.1, 0.15) is 11.8 Å². The maximum atomic E-state index is 11.2. The molecule has 2 aliphatic rings. The second-order valence-electron chi connectivity index (χ2n) is 2.62. The van der Waals surface area contributed by atoms with Gasteiger partial charge in [-0.1, -0.05) is 0 Å². The molecule has 62 valence electrons. The lowest BCUT2D eigenvalue weighted by Crippen LogP contribution is -2.30. The zero-order valence-corrected chi connectivity index (χ0v) is 7.12. The summed E-state index contributed by atoms with van der Waals surface area (Å²) in [5, 5.41) is 0.0156. The van der Waals surface area contributed by atoms with Crippen molar-refractivity contribution in [1.29, 1.82) is 0 Å². The summed E-state index contributed by atoms with van der Waals surface area (Å²) in [6, 6.07) is 0. The molecule has 0 N–H and O–H groups in total. The monoisotopic (exact) mass is 183 g/mol. The molecule has 0 unspecified atom stereocenters. The molecule has 1 amide bonds. The van der Waals surface area contributed by atoms with Crippen LogP contribution in [0.1, 0.15) is 0 Å². The Balaban J connectivity index is 2.43. The van der Waals surface area contributed by atoms with Gasteiger partial charge in [-0.05, 0) is 17.7 Å². The van der Waals surface area contributed by atoms with E-state index in [2.05, 4.69) is 9.98 Å². The Labute approximate surface area is 74.2 Å². The van der Waals surface area contributed by atoms with Gasteiger partial charge in [0, 0.05) is 13.2 Å². The molecule has 4 nitrogen and oxygen atoms in total. The van der Waals surface area contributed by atoms with E-state index in [0.29, 0.717) is 5.84 Å². The van der Waals surface area contributed by atoms with Crippen molar-refractivity contribution in [2.24, 2.45) is 15.9 Å². The van der Waals surface area contributed by atoms with Crippen LogP contribution in [0.3, 0.4) is 0 Å². The number of hydrogen-bond donors (Lipinski definition) is 0. The van der Waals surface area contributed by atoms with Crippen molar-refractivity contribution in [3.8, 4) is 0 Å². The molecule has 0 fully saturated rings. The van der Waals surface area contributed by atoms with Crippen LogP contribution in [-0.2, 0) is 4.79 Å². The molecule has 2 heterocycles. The Morgan fingerprint density at radius 3 is 3.08 bits per heavy atom. The van der Waals surface area contributed by atoms with Crippen LogP contribution in [0.5, 0.6) is 0 Å². The molecule has 2 rings (SSSR count). The van der Waals surface area contributed by atoms with Gasteiger partial charge in [0.25, 0.3) is 5.91 Å². The minimum atomic E-state index is -0.322. The molecule has 0 saturated heterocycles. The van der Waals surface area contributed by atoms with Crippen LogP contribution in [0, 0.1) is 5.92 Å². The van der Waals surface area contributed by atoms with Gasteiger partial charge in [0.2, 0.25) is 5.29 Å². The molecular weight excluding hydrogens is 178 g/mol. The minimum absolute atomic E-state index is 0.0156. The SMILES string of the molecule is CN1C=C[C@@H]2C(=O)N=C(Cl)N=C21. The summed E-state index contributed by atoms with van der Waals surface area (Å²) in [5.74, 6) is 0.0862. The highest BCUT2D eigenvalue weighted by Gasteiger charge is 2.31. The maximum absolute atomic E-state index is 11.2. The number of carbonyl (C=O) groups is 1. The molecule has 0 aromatic rings. The summed E-state index contributed by atoms with van der Waals surface area (Å²) in [7, 11) is 1.82.